The predicted molar refractivity (Wildman–Crippen MR) is 125 cm³/mol. The van der Waals surface area contributed by atoms with Crippen molar-refractivity contribution in [2.45, 2.75) is 12.7 Å². The normalized spacial score (nSPS) is 11.6. The zero-order chi connectivity index (χ0) is 20.8. The van der Waals surface area contributed by atoms with Gasteiger partial charge in [-0.1, -0.05) is 97.1 Å². The van der Waals surface area contributed by atoms with Gasteiger partial charge in [0.25, 0.3) is 0 Å². The summed E-state index contributed by atoms with van der Waals surface area (Å²) in [5, 5.41) is 3.31. The summed E-state index contributed by atoms with van der Waals surface area (Å²) in [6, 6.07) is 31.3. The van der Waals surface area contributed by atoms with E-state index in [9.17, 15) is 0 Å². The van der Waals surface area contributed by atoms with Crippen LogP contribution in [0.2, 0.25) is 0 Å². The van der Waals surface area contributed by atoms with Crippen molar-refractivity contribution in [3.63, 3.8) is 0 Å². The lowest BCUT2D eigenvalue weighted by molar-refractivity contribution is 0.208. The molecule has 0 atom stereocenters. The van der Waals surface area contributed by atoms with Crippen LogP contribution in [0.1, 0.15) is 28.6 Å². The molecule has 0 aliphatic carbocycles. The van der Waals surface area contributed by atoms with Crippen LogP contribution in [0.3, 0.4) is 0 Å². The summed E-state index contributed by atoms with van der Waals surface area (Å²) < 4.78 is 2.44. The van der Waals surface area contributed by atoms with Crippen molar-refractivity contribution in [2.24, 2.45) is 0 Å². The number of hydrogen-bond donors (Lipinski definition) is 1. The van der Waals surface area contributed by atoms with Crippen LogP contribution in [0.15, 0.2) is 91.0 Å². The van der Waals surface area contributed by atoms with Gasteiger partial charge in [-0.3, -0.25) is 10.00 Å². The minimum Gasteiger partial charge on any atom is -0.278 e. The Balaban J connectivity index is 1.57. The maximum atomic E-state index is 5.50. The van der Waals surface area contributed by atoms with E-state index in [2.05, 4.69) is 82.7 Å². The van der Waals surface area contributed by atoms with Crippen LogP contribution in [0.5, 0.6) is 0 Å². The van der Waals surface area contributed by atoms with Gasteiger partial charge in [-0.2, -0.15) is 4.98 Å². The molecule has 0 fully saturated rings. The number of benzene rings is 3. The Morgan fingerprint density at radius 2 is 1.40 bits per heavy atom. The second-order valence-electron chi connectivity index (χ2n) is 7.19. The zero-order valence-corrected chi connectivity index (χ0v) is 17.7. The lowest BCUT2D eigenvalue weighted by atomic mass is 9.98. The van der Waals surface area contributed by atoms with Crippen molar-refractivity contribution in [1.29, 1.82) is 0 Å². The topological polar surface area (TPSA) is 36.9 Å². The first-order valence-corrected chi connectivity index (χ1v) is 10.3. The van der Waals surface area contributed by atoms with Crippen molar-refractivity contribution in [1.82, 2.24) is 19.7 Å². The van der Waals surface area contributed by atoms with Gasteiger partial charge in [-0.25, -0.2) is 4.68 Å². The summed E-state index contributed by atoms with van der Waals surface area (Å²) in [5.74, 6) is 0.744. The molecule has 4 nitrogen and oxygen atoms in total. The minimum absolute atomic E-state index is 0.112. The summed E-state index contributed by atoms with van der Waals surface area (Å²) in [7, 11) is 2.10. The Kier molecular flexibility index (Phi) is 6.32. The predicted octanol–water partition coefficient (Wildman–Crippen LogP) is 5.79. The summed E-state index contributed by atoms with van der Waals surface area (Å²) >= 11 is 5.50. The van der Waals surface area contributed by atoms with Crippen LogP contribution in [0, 0.1) is 4.77 Å². The van der Waals surface area contributed by atoms with E-state index in [1.54, 1.807) is 0 Å². The van der Waals surface area contributed by atoms with Crippen LogP contribution in [0.4, 0.5) is 0 Å². The van der Waals surface area contributed by atoms with Crippen molar-refractivity contribution in [2.75, 3.05) is 7.05 Å². The van der Waals surface area contributed by atoms with Crippen LogP contribution in [-0.2, 0) is 6.67 Å². The SMILES string of the molecule is CN(Cn1[nH]c(/C=C/c2ccccc2)nc1=S)C(c1ccccc1)c1ccccc1. The molecule has 0 aliphatic heterocycles. The standard InChI is InChI=1S/C25H24N4S/c1-28(24(21-13-7-3-8-14-21)22-15-9-4-10-16-22)19-29-25(30)26-23(27-29)18-17-20-11-5-2-6-12-20/h2-18,24H,19H2,1H3,(H,26,27,30)/b18-17+. The number of aromatic amines is 1. The van der Waals surface area contributed by atoms with E-state index < -0.39 is 0 Å². The summed E-state index contributed by atoms with van der Waals surface area (Å²) in [6.45, 7) is 0.597. The van der Waals surface area contributed by atoms with Gasteiger partial charge < -0.3 is 0 Å². The van der Waals surface area contributed by atoms with Crippen molar-refractivity contribution >= 4 is 24.4 Å². The third-order valence-electron chi connectivity index (χ3n) is 4.97. The van der Waals surface area contributed by atoms with Crippen molar-refractivity contribution < 1.29 is 0 Å². The highest BCUT2D eigenvalue weighted by atomic mass is 32.1. The molecule has 0 spiro atoms. The van der Waals surface area contributed by atoms with Crippen LogP contribution < -0.4 is 0 Å². The fourth-order valence-electron chi connectivity index (χ4n) is 3.56. The smallest absolute Gasteiger partial charge is 0.217 e. The molecule has 0 saturated carbocycles. The second-order valence-corrected chi connectivity index (χ2v) is 7.55. The third-order valence-corrected chi connectivity index (χ3v) is 5.28. The van der Waals surface area contributed by atoms with Gasteiger partial charge in [-0.15, -0.1) is 0 Å². The molecule has 1 N–H and O–H groups in total. The Hall–Kier alpha value is -3.28. The second kappa shape index (κ2) is 9.48. The fraction of sp³-hybridized carbons (Fsp3) is 0.120. The molecule has 3 aromatic carbocycles. The molecule has 1 heterocycles. The summed E-state index contributed by atoms with van der Waals surface area (Å²) in [5.41, 5.74) is 3.60. The maximum Gasteiger partial charge on any atom is 0.217 e. The van der Waals surface area contributed by atoms with Gasteiger partial charge in [0.15, 0.2) is 0 Å². The van der Waals surface area contributed by atoms with E-state index in [0.29, 0.717) is 11.4 Å². The van der Waals surface area contributed by atoms with Crippen LogP contribution >= 0.6 is 12.2 Å². The molecular weight excluding hydrogens is 388 g/mol. The number of nitrogens with zero attached hydrogens (tertiary/aromatic N) is 3. The molecule has 30 heavy (non-hydrogen) atoms. The summed E-state index contributed by atoms with van der Waals surface area (Å²) in [4.78, 5) is 6.76. The van der Waals surface area contributed by atoms with Gasteiger partial charge in [0.1, 0.15) is 5.82 Å². The zero-order valence-electron chi connectivity index (χ0n) is 16.8. The average molecular weight is 413 g/mol. The highest BCUT2D eigenvalue weighted by Gasteiger charge is 2.19. The Labute approximate surface area is 182 Å². The molecule has 0 bridgehead atoms. The molecule has 0 saturated heterocycles. The van der Waals surface area contributed by atoms with E-state index in [0.717, 1.165) is 11.4 Å². The Morgan fingerprint density at radius 3 is 1.97 bits per heavy atom. The molecular formula is C25H24N4S. The maximum absolute atomic E-state index is 5.50. The molecule has 5 heteroatoms. The molecule has 4 aromatic rings. The van der Waals surface area contributed by atoms with E-state index in [4.69, 9.17) is 12.2 Å². The van der Waals surface area contributed by atoms with Crippen LogP contribution in [-0.4, -0.2) is 26.7 Å². The van der Waals surface area contributed by atoms with E-state index in [1.165, 1.54) is 11.1 Å². The highest BCUT2D eigenvalue weighted by Crippen LogP contribution is 2.27. The average Bonchev–Trinajstić information content (AvgIpc) is 3.14. The number of H-pyrrole nitrogens is 1. The number of aromatic nitrogens is 3. The summed E-state index contributed by atoms with van der Waals surface area (Å²) in [6.07, 6.45) is 3.98. The van der Waals surface area contributed by atoms with Gasteiger partial charge in [0.2, 0.25) is 4.77 Å². The molecule has 1 aromatic heterocycles. The largest absolute Gasteiger partial charge is 0.278 e. The molecule has 0 unspecified atom stereocenters. The first-order valence-electron chi connectivity index (χ1n) is 9.91. The first kappa shape index (κ1) is 20.0. The third kappa shape index (κ3) is 4.82. The lowest BCUT2D eigenvalue weighted by Gasteiger charge is -2.29. The molecule has 4 rings (SSSR count). The quantitative estimate of drug-likeness (QED) is 0.390. The minimum atomic E-state index is 0.112. The molecule has 0 amide bonds. The van der Waals surface area contributed by atoms with E-state index in [1.807, 2.05) is 47.2 Å². The fourth-order valence-corrected chi connectivity index (χ4v) is 3.76. The monoisotopic (exact) mass is 412 g/mol. The Morgan fingerprint density at radius 1 is 0.867 bits per heavy atom. The highest BCUT2D eigenvalue weighted by molar-refractivity contribution is 7.71. The molecule has 150 valence electrons. The van der Waals surface area contributed by atoms with Gasteiger partial charge >= 0.3 is 0 Å². The van der Waals surface area contributed by atoms with E-state index >= 15 is 0 Å². The number of rotatable bonds is 7. The molecule has 0 aliphatic rings. The van der Waals surface area contributed by atoms with Crippen molar-refractivity contribution in [3.05, 3.63) is 118 Å². The first-order chi connectivity index (χ1) is 14.7. The number of hydrogen-bond acceptors (Lipinski definition) is 3. The molecule has 0 radical (unpaired) electrons. The van der Waals surface area contributed by atoms with Gasteiger partial charge in [0.05, 0.1) is 12.7 Å². The lowest BCUT2D eigenvalue weighted by Crippen LogP contribution is -2.28. The Bertz CT molecular complexity index is 1110. The van der Waals surface area contributed by atoms with E-state index in [-0.39, 0.29) is 6.04 Å². The van der Waals surface area contributed by atoms with Crippen LogP contribution in [0.25, 0.3) is 12.2 Å². The van der Waals surface area contributed by atoms with Crippen molar-refractivity contribution in [3.8, 4) is 0 Å². The van der Waals surface area contributed by atoms with Gasteiger partial charge in [0, 0.05) is 0 Å². The van der Waals surface area contributed by atoms with Gasteiger partial charge in [-0.05, 0) is 42.0 Å². The number of nitrogens with one attached hydrogen (secondary N) is 1.